The second-order valence-corrected chi connectivity index (χ2v) is 5.33. The monoisotopic (exact) mass is 262 g/mol. The molecule has 2 N–H and O–H groups in total. The van der Waals surface area contributed by atoms with Crippen molar-refractivity contribution in [3.8, 4) is 0 Å². The van der Waals surface area contributed by atoms with E-state index >= 15 is 0 Å². The zero-order valence-electron chi connectivity index (χ0n) is 11.8. The first kappa shape index (κ1) is 13.8. The Kier molecular flexibility index (Phi) is 4.35. The van der Waals surface area contributed by atoms with Crippen LogP contribution >= 0.6 is 0 Å². The molecule has 1 amide bonds. The molecule has 0 bridgehead atoms. The second-order valence-electron chi connectivity index (χ2n) is 5.33. The zero-order chi connectivity index (χ0) is 13.8. The predicted octanol–water partition coefficient (Wildman–Crippen LogP) is 2.07. The van der Waals surface area contributed by atoms with Gasteiger partial charge in [0.15, 0.2) is 5.69 Å². The Bertz CT molecular complexity index is 432. The molecule has 19 heavy (non-hydrogen) atoms. The van der Waals surface area contributed by atoms with Crippen molar-refractivity contribution < 1.29 is 4.79 Å². The Balaban J connectivity index is 1.97. The molecule has 3 unspecified atom stereocenters. The minimum absolute atomic E-state index is 0.176. The molecule has 1 aliphatic carbocycles. The van der Waals surface area contributed by atoms with E-state index in [1.165, 1.54) is 12.8 Å². The van der Waals surface area contributed by atoms with Crippen LogP contribution in [-0.4, -0.2) is 28.7 Å². The Hall–Kier alpha value is -1.65. The molecule has 0 saturated heterocycles. The highest BCUT2D eigenvalue weighted by molar-refractivity contribution is 5.92. The molecular weight excluding hydrogens is 240 g/mol. The van der Waals surface area contributed by atoms with Gasteiger partial charge in [-0.05, 0) is 43.7 Å². The highest BCUT2D eigenvalue weighted by Crippen LogP contribution is 2.32. The van der Waals surface area contributed by atoms with Gasteiger partial charge in [-0.15, -0.1) is 10.2 Å². The lowest BCUT2D eigenvalue weighted by atomic mass is 9.98. The minimum Gasteiger partial charge on any atom is -0.366 e. The van der Waals surface area contributed by atoms with Crippen LogP contribution in [0.2, 0.25) is 0 Å². The molecule has 0 aliphatic heterocycles. The van der Waals surface area contributed by atoms with E-state index in [9.17, 15) is 4.79 Å². The van der Waals surface area contributed by atoms with Gasteiger partial charge in [-0.2, -0.15) is 0 Å². The van der Waals surface area contributed by atoms with Crippen LogP contribution in [0.15, 0.2) is 12.1 Å². The fourth-order valence-corrected chi connectivity index (χ4v) is 2.54. The average molecular weight is 262 g/mol. The van der Waals surface area contributed by atoms with Gasteiger partial charge in [-0.3, -0.25) is 4.79 Å². The molecule has 5 nitrogen and oxygen atoms in total. The topological polar surface area (TPSA) is 66.9 Å². The van der Waals surface area contributed by atoms with E-state index < -0.39 is 0 Å². The van der Waals surface area contributed by atoms with E-state index in [0.29, 0.717) is 24.2 Å². The van der Waals surface area contributed by atoms with Gasteiger partial charge in [-0.25, -0.2) is 0 Å². The van der Waals surface area contributed by atoms with Gasteiger partial charge >= 0.3 is 0 Å². The molecule has 3 atom stereocenters. The van der Waals surface area contributed by atoms with E-state index in [1.54, 1.807) is 6.07 Å². The van der Waals surface area contributed by atoms with Gasteiger partial charge < -0.3 is 10.6 Å². The smallest absolute Gasteiger partial charge is 0.271 e. The lowest BCUT2D eigenvalue weighted by Gasteiger charge is -2.19. The summed E-state index contributed by atoms with van der Waals surface area (Å²) in [5, 5.41) is 14.2. The van der Waals surface area contributed by atoms with Crippen LogP contribution in [0.25, 0.3) is 0 Å². The number of carbonyl (C=O) groups excluding carboxylic acids is 1. The Morgan fingerprint density at radius 2 is 2.11 bits per heavy atom. The van der Waals surface area contributed by atoms with Crippen molar-refractivity contribution in [1.82, 2.24) is 15.5 Å². The van der Waals surface area contributed by atoms with Crippen LogP contribution in [0, 0.1) is 11.8 Å². The molecule has 1 aromatic heterocycles. The lowest BCUT2D eigenvalue weighted by molar-refractivity contribution is 0.0950. The van der Waals surface area contributed by atoms with E-state index in [1.807, 2.05) is 13.0 Å². The Labute approximate surface area is 114 Å². The van der Waals surface area contributed by atoms with Crippen LogP contribution < -0.4 is 10.6 Å². The fraction of sp³-hybridized carbons (Fsp3) is 0.643. The van der Waals surface area contributed by atoms with Gasteiger partial charge in [-0.1, -0.05) is 13.8 Å². The number of amides is 1. The maximum absolute atomic E-state index is 11.6. The van der Waals surface area contributed by atoms with Crippen molar-refractivity contribution in [3.05, 3.63) is 17.8 Å². The van der Waals surface area contributed by atoms with Crippen molar-refractivity contribution in [2.45, 2.75) is 39.7 Å². The highest BCUT2D eigenvalue weighted by Gasteiger charge is 2.29. The largest absolute Gasteiger partial charge is 0.366 e. The maximum atomic E-state index is 11.6. The van der Waals surface area contributed by atoms with E-state index in [4.69, 9.17) is 0 Å². The molecule has 0 radical (unpaired) electrons. The van der Waals surface area contributed by atoms with Gasteiger partial charge in [0.05, 0.1) is 0 Å². The van der Waals surface area contributed by atoms with Crippen LogP contribution in [0.1, 0.15) is 44.1 Å². The summed E-state index contributed by atoms with van der Waals surface area (Å²) in [6, 6.07) is 4.00. The summed E-state index contributed by atoms with van der Waals surface area (Å²) in [7, 11) is 0. The average Bonchev–Trinajstić information content (AvgIpc) is 2.72. The molecule has 104 valence electrons. The molecule has 1 aromatic rings. The first-order valence-electron chi connectivity index (χ1n) is 7.00. The number of hydrogen-bond donors (Lipinski definition) is 2. The van der Waals surface area contributed by atoms with E-state index in [0.717, 1.165) is 11.7 Å². The minimum atomic E-state index is -0.176. The normalized spacial score (nSPS) is 26.2. The Morgan fingerprint density at radius 3 is 2.63 bits per heavy atom. The van der Waals surface area contributed by atoms with Crippen molar-refractivity contribution in [2.75, 3.05) is 11.9 Å². The van der Waals surface area contributed by atoms with E-state index in [-0.39, 0.29) is 5.91 Å². The first-order chi connectivity index (χ1) is 9.11. The summed E-state index contributed by atoms with van der Waals surface area (Å²) in [6.45, 7) is 7.03. The fourth-order valence-electron chi connectivity index (χ4n) is 2.54. The van der Waals surface area contributed by atoms with Crippen molar-refractivity contribution >= 4 is 11.7 Å². The van der Waals surface area contributed by atoms with Gasteiger partial charge in [0.1, 0.15) is 5.82 Å². The van der Waals surface area contributed by atoms with E-state index in [2.05, 4.69) is 34.7 Å². The molecule has 2 rings (SSSR count). The standard InChI is InChI=1S/C14H22N4O/c1-4-15-14(19)12-7-8-13(18-17-12)16-11-6-5-9(2)10(11)3/h7-11H,4-6H2,1-3H3,(H,15,19)(H,16,18). The molecule has 5 heteroatoms. The SMILES string of the molecule is CCNC(=O)c1ccc(NC2CCC(C)C2C)nn1. The summed E-state index contributed by atoms with van der Waals surface area (Å²) in [6.07, 6.45) is 2.42. The number of nitrogens with zero attached hydrogens (tertiary/aromatic N) is 2. The second kappa shape index (κ2) is 5.99. The summed E-state index contributed by atoms with van der Waals surface area (Å²) >= 11 is 0. The quantitative estimate of drug-likeness (QED) is 0.871. The third kappa shape index (κ3) is 3.22. The van der Waals surface area contributed by atoms with Crippen molar-refractivity contribution in [3.63, 3.8) is 0 Å². The van der Waals surface area contributed by atoms with Gasteiger partial charge in [0.25, 0.3) is 5.91 Å². The summed E-state index contributed by atoms with van der Waals surface area (Å²) < 4.78 is 0. The number of aromatic nitrogens is 2. The number of rotatable bonds is 4. The lowest BCUT2D eigenvalue weighted by Crippen LogP contribution is -2.26. The van der Waals surface area contributed by atoms with Crippen molar-refractivity contribution in [2.24, 2.45) is 11.8 Å². The van der Waals surface area contributed by atoms with Crippen LogP contribution in [0.3, 0.4) is 0 Å². The molecule has 1 fully saturated rings. The number of anilines is 1. The highest BCUT2D eigenvalue weighted by atomic mass is 16.1. The number of carbonyl (C=O) groups is 1. The maximum Gasteiger partial charge on any atom is 0.271 e. The Morgan fingerprint density at radius 1 is 1.32 bits per heavy atom. The molecule has 0 aromatic carbocycles. The number of hydrogen-bond acceptors (Lipinski definition) is 4. The van der Waals surface area contributed by atoms with Crippen LogP contribution in [0.4, 0.5) is 5.82 Å². The van der Waals surface area contributed by atoms with Crippen LogP contribution in [0.5, 0.6) is 0 Å². The first-order valence-corrected chi connectivity index (χ1v) is 7.00. The molecule has 1 aliphatic rings. The van der Waals surface area contributed by atoms with Gasteiger partial charge in [0, 0.05) is 12.6 Å². The summed E-state index contributed by atoms with van der Waals surface area (Å²) in [5.74, 6) is 1.97. The summed E-state index contributed by atoms with van der Waals surface area (Å²) in [4.78, 5) is 11.6. The molecular formula is C14H22N4O. The zero-order valence-corrected chi connectivity index (χ0v) is 11.8. The third-order valence-corrected chi connectivity index (χ3v) is 4.03. The van der Waals surface area contributed by atoms with Crippen molar-refractivity contribution in [1.29, 1.82) is 0 Å². The number of nitrogens with one attached hydrogen (secondary N) is 2. The molecule has 1 heterocycles. The molecule has 1 saturated carbocycles. The third-order valence-electron chi connectivity index (χ3n) is 4.03. The molecule has 0 spiro atoms. The summed E-state index contributed by atoms with van der Waals surface area (Å²) in [5.41, 5.74) is 0.361. The predicted molar refractivity (Wildman–Crippen MR) is 75.0 cm³/mol. The van der Waals surface area contributed by atoms with Crippen LogP contribution in [-0.2, 0) is 0 Å². The van der Waals surface area contributed by atoms with Gasteiger partial charge in [0.2, 0.25) is 0 Å².